The second-order valence-electron chi connectivity index (χ2n) is 0.499. The first-order valence-electron chi connectivity index (χ1n) is 1.06. The van der Waals surface area contributed by atoms with Gasteiger partial charge < -0.3 is 0 Å². The average Bonchev–Trinajstić information content (AvgIpc) is 1.35. The Balaban J connectivity index is 3.29. The van der Waals surface area contributed by atoms with Crippen molar-refractivity contribution in [2.45, 2.75) is 0 Å². The van der Waals surface area contributed by atoms with Gasteiger partial charge >= 0.3 is 0 Å². The molecule has 0 spiro atoms. The van der Waals surface area contributed by atoms with Crippen molar-refractivity contribution in [3.8, 4) is 0 Å². The number of hydrogen-bond donors (Lipinski definition) is 2. The van der Waals surface area contributed by atoms with Crippen LogP contribution in [0.2, 0.25) is 0 Å². The molecule has 0 saturated carbocycles. The Bertz CT molecular complexity index is 68.0. The molecule has 0 aromatic rings. The third kappa shape index (κ3) is 3.03. The summed E-state index contributed by atoms with van der Waals surface area (Å²) in [7, 11) is 0. The zero-order valence-electron chi connectivity index (χ0n) is 2.81. The molecule has 0 aliphatic rings. The average molecular weight is 89.1 g/mol. The van der Waals surface area contributed by atoms with Gasteiger partial charge in [0, 0.05) is 5.22 Å². The zero-order chi connectivity index (χ0) is 4.99. The fourth-order valence-corrected chi connectivity index (χ4v) is 0.0410. The molecule has 0 heterocycles. The van der Waals surface area contributed by atoms with Crippen LogP contribution in [0.3, 0.4) is 0 Å². The van der Waals surface area contributed by atoms with E-state index in [2.05, 4.69) is 16.0 Å². The lowest BCUT2D eigenvalue weighted by molar-refractivity contribution is -0.0943. The minimum absolute atomic E-state index is 0.111. The van der Waals surface area contributed by atoms with Gasteiger partial charge in [-0.1, -0.05) is 0 Å². The normalized spacial score (nSPS) is 6.33. The van der Waals surface area contributed by atoms with Gasteiger partial charge in [0.2, 0.25) is 0 Å². The summed E-state index contributed by atoms with van der Waals surface area (Å²) in [6.07, 6.45) is 0. The number of nitrogens with zero attached hydrogens (tertiary/aromatic N) is 4. The Morgan fingerprint density at radius 1 is 2.00 bits per heavy atom. The van der Waals surface area contributed by atoms with E-state index in [0.717, 1.165) is 0 Å². The second kappa shape index (κ2) is 2.28. The molecule has 6 nitrogen and oxygen atoms in total. The van der Waals surface area contributed by atoms with E-state index in [1.54, 1.807) is 0 Å². The van der Waals surface area contributed by atoms with Crippen LogP contribution in [0.1, 0.15) is 0 Å². The summed E-state index contributed by atoms with van der Waals surface area (Å²) >= 11 is 0. The molecule has 34 valence electrons. The maximum atomic E-state index is 7.74. The van der Waals surface area contributed by atoms with Crippen LogP contribution in [0.25, 0.3) is 10.4 Å². The van der Waals surface area contributed by atoms with Gasteiger partial charge in [0.15, 0.2) is 0 Å². The maximum absolute atomic E-state index is 7.74. The molecule has 3 N–H and O–H groups in total. The standard InChI is InChI=1S/H3N5O/c1-3-4-5(2)6/h6H,2H2. The zero-order valence-corrected chi connectivity index (χ0v) is 2.81. The molecule has 0 aliphatic heterocycles. The van der Waals surface area contributed by atoms with Crippen LogP contribution < -0.4 is 5.84 Å². The quantitative estimate of drug-likeness (QED) is 0.153. The van der Waals surface area contributed by atoms with Crippen molar-refractivity contribution in [2.24, 2.45) is 11.1 Å². The molecule has 0 unspecified atom stereocenters. The fraction of sp³-hybridized carbons (Fsp3) is 0. The third-order valence-electron chi connectivity index (χ3n) is 0.132. The topological polar surface area (TPSA) is 98.3 Å². The lowest BCUT2D eigenvalue weighted by atomic mass is 12.4. The van der Waals surface area contributed by atoms with Crippen molar-refractivity contribution in [1.29, 1.82) is 0 Å². The Labute approximate surface area is 33.3 Å². The molecular formula is H3N5O. The summed E-state index contributed by atoms with van der Waals surface area (Å²) < 4.78 is 0. The third-order valence-corrected chi connectivity index (χ3v) is 0.132. The molecule has 0 aromatic carbocycles. The number of hydrogen-bond acceptors (Lipinski definition) is 3. The van der Waals surface area contributed by atoms with Crippen LogP contribution in [0.15, 0.2) is 5.22 Å². The van der Waals surface area contributed by atoms with Crippen LogP contribution in [0.4, 0.5) is 0 Å². The van der Waals surface area contributed by atoms with Gasteiger partial charge in [0.05, 0.1) is 0 Å². The number of hydrazine groups is 1. The lowest BCUT2D eigenvalue weighted by Crippen LogP contribution is -2.18. The highest BCUT2D eigenvalue weighted by Gasteiger charge is 1.74. The fourth-order valence-electron chi connectivity index (χ4n) is 0.0410. The van der Waals surface area contributed by atoms with Crippen molar-refractivity contribution in [3.05, 3.63) is 10.4 Å². The molecular weight excluding hydrogens is 86.0 g/mol. The largest absolute Gasteiger partial charge is 0.187 e. The summed E-state index contributed by atoms with van der Waals surface area (Å²) in [5.41, 5.74) is 7.41. The van der Waals surface area contributed by atoms with Gasteiger partial charge in [0.1, 0.15) is 0 Å². The van der Waals surface area contributed by atoms with Gasteiger partial charge in [0.25, 0.3) is 0 Å². The lowest BCUT2D eigenvalue weighted by Gasteiger charge is -1.85. The Morgan fingerprint density at radius 2 is 2.50 bits per heavy atom. The summed E-state index contributed by atoms with van der Waals surface area (Å²) in [6, 6.07) is 0. The number of rotatable bonds is 1. The van der Waals surface area contributed by atoms with E-state index in [1.165, 1.54) is 0 Å². The van der Waals surface area contributed by atoms with Gasteiger partial charge in [-0.05, 0) is 5.28 Å². The molecule has 0 rings (SSSR count). The van der Waals surface area contributed by atoms with Crippen molar-refractivity contribution >= 4 is 0 Å². The predicted octanol–water partition coefficient (Wildman–Crippen LogP) is -0.223. The van der Waals surface area contributed by atoms with E-state index in [4.69, 9.17) is 10.7 Å². The van der Waals surface area contributed by atoms with Crippen molar-refractivity contribution in [2.75, 3.05) is 0 Å². The molecule has 0 radical (unpaired) electrons. The maximum Gasteiger partial charge on any atom is 0.0345 e. The Morgan fingerprint density at radius 3 is 2.50 bits per heavy atom. The molecule has 0 aliphatic carbocycles. The monoisotopic (exact) mass is 89.0 g/mol. The molecule has 0 bridgehead atoms. The minimum atomic E-state index is -0.111. The second-order valence-corrected chi connectivity index (χ2v) is 0.499. The summed E-state index contributed by atoms with van der Waals surface area (Å²) in [5, 5.41) is 10.1. The van der Waals surface area contributed by atoms with Gasteiger partial charge in [-0.3, -0.25) is 0 Å². The Kier molecular flexibility index (Phi) is 1.91. The van der Waals surface area contributed by atoms with Crippen LogP contribution >= 0.6 is 0 Å². The molecule has 6 heteroatoms. The van der Waals surface area contributed by atoms with Gasteiger partial charge in [-0.15, -0.1) is 11.4 Å². The first-order chi connectivity index (χ1) is 2.77. The Hall–Kier alpha value is -0.970. The van der Waals surface area contributed by atoms with E-state index < -0.39 is 0 Å². The summed E-state index contributed by atoms with van der Waals surface area (Å²) in [4.78, 5) is 2.11. The van der Waals surface area contributed by atoms with E-state index in [0.29, 0.717) is 0 Å². The van der Waals surface area contributed by atoms with E-state index in [-0.39, 0.29) is 5.28 Å². The molecule has 0 aromatic heterocycles. The van der Waals surface area contributed by atoms with Crippen LogP contribution in [0.5, 0.6) is 0 Å². The first kappa shape index (κ1) is 5.03. The summed E-state index contributed by atoms with van der Waals surface area (Å²) in [6.45, 7) is 0. The van der Waals surface area contributed by atoms with E-state index >= 15 is 0 Å². The number of azide groups is 1. The van der Waals surface area contributed by atoms with Gasteiger partial charge in [-0.25, -0.2) is 0 Å². The molecule has 0 fully saturated rings. The van der Waals surface area contributed by atoms with E-state index in [9.17, 15) is 0 Å². The molecule has 6 heavy (non-hydrogen) atoms. The molecule has 0 atom stereocenters. The SMILES string of the molecule is [N-]=[N+]=NN(N)O. The van der Waals surface area contributed by atoms with Crippen molar-refractivity contribution in [1.82, 2.24) is 5.28 Å². The van der Waals surface area contributed by atoms with Crippen molar-refractivity contribution in [3.63, 3.8) is 0 Å². The van der Waals surface area contributed by atoms with Crippen LogP contribution in [-0.4, -0.2) is 10.5 Å². The molecule has 0 amide bonds. The van der Waals surface area contributed by atoms with Crippen LogP contribution in [-0.2, 0) is 0 Å². The molecule has 0 saturated heterocycles. The smallest absolute Gasteiger partial charge is 0.0345 e. The first-order valence-corrected chi connectivity index (χ1v) is 1.06. The minimum Gasteiger partial charge on any atom is -0.187 e. The van der Waals surface area contributed by atoms with Crippen molar-refractivity contribution < 1.29 is 5.21 Å². The predicted molar refractivity (Wildman–Crippen MR) is 17.0 cm³/mol. The highest BCUT2D eigenvalue weighted by molar-refractivity contribution is 4.29. The van der Waals surface area contributed by atoms with Crippen LogP contribution in [0, 0.1) is 0 Å². The summed E-state index contributed by atoms with van der Waals surface area (Å²) in [5.74, 6) is 4.37. The van der Waals surface area contributed by atoms with E-state index in [1.807, 2.05) is 0 Å². The highest BCUT2D eigenvalue weighted by atomic mass is 16.6. The van der Waals surface area contributed by atoms with Gasteiger partial charge in [-0.2, -0.15) is 10.1 Å². The highest BCUT2D eigenvalue weighted by Crippen LogP contribution is 1.64. The number of nitrogens with two attached hydrogens (primary N) is 1.